The van der Waals surface area contributed by atoms with Crippen molar-refractivity contribution in [2.45, 2.75) is 64.5 Å². The number of nitrogens with zero attached hydrogens (tertiary/aromatic N) is 3. The molecule has 0 aliphatic carbocycles. The summed E-state index contributed by atoms with van der Waals surface area (Å²) in [5, 5.41) is 9.62. The van der Waals surface area contributed by atoms with E-state index in [9.17, 15) is 0 Å². The van der Waals surface area contributed by atoms with E-state index < -0.39 is 0 Å². The van der Waals surface area contributed by atoms with Crippen molar-refractivity contribution in [2.75, 3.05) is 0 Å². The van der Waals surface area contributed by atoms with Gasteiger partial charge in [0.2, 0.25) is 0 Å². The van der Waals surface area contributed by atoms with Gasteiger partial charge in [0.25, 0.3) is 0 Å². The molecule has 0 atom stereocenters. The van der Waals surface area contributed by atoms with Crippen LogP contribution >= 0.6 is 11.8 Å². The van der Waals surface area contributed by atoms with Crippen LogP contribution in [0.4, 0.5) is 0 Å². The molecule has 154 valence electrons. The summed E-state index contributed by atoms with van der Waals surface area (Å²) in [7, 11) is 2.00. The zero-order chi connectivity index (χ0) is 21.2. The first-order chi connectivity index (χ1) is 13.7. The number of thioether (sulfide) groups is 1. The number of aromatic nitrogens is 3. The highest BCUT2D eigenvalue weighted by atomic mass is 32.2. The number of rotatable bonds is 6. The van der Waals surface area contributed by atoms with Gasteiger partial charge in [-0.2, -0.15) is 0 Å². The van der Waals surface area contributed by atoms with Crippen molar-refractivity contribution in [3.63, 3.8) is 0 Å². The molecular weight excluding hydrogens is 378 g/mol. The summed E-state index contributed by atoms with van der Waals surface area (Å²) < 4.78 is 7.96. The molecule has 1 aromatic heterocycles. The van der Waals surface area contributed by atoms with E-state index in [0.717, 1.165) is 28.0 Å². The molecule has 1 heterocycles. The molecule has 0 N–H and O–H groups in total. The van der Waals surface area contributed by atoms with Gasteiger partial charge in [0.05, 0.1) is 0 Å². The molecule has 0 amide bonds. The van der Waals surface area contributed by atoms with Crippen LogP contribution in [0.25, 0.3) is 0 Å². The Kier molecular flexibility index (Phi) is 6.37. The largest absolute Gasteiger partial charge is 0.485 e. The lowest BCUT2D eigenvalue weighted by Crippen LogP contribution is -2.12. The van der Waals surface area contributed by atoms with E-state index in [1.807, 2.05) is 42.8 Å². The highest BCUT2D eigenvalue weighted by Gasteiger charge is 2.17. The Morgan fingerprint density at radius 3 is 2.24 bits per heavy atom. The molecule has 0 radical (unpaired) electrons. The third-order valence-corrected chi connectivity index (χ3v) is 6.33. The number of aryl methyl sites for hydroxylation is 3. The Morgan fingerprint density at radius 2 is 1.62 bits per heavy atom. The summed E-state index contributed by atoms with van der Waals surface area (Å²) in [6.07, 6.45) is 0. The van der Waals surface area contributed by atoms with Gasteiger partial charge in [-0.25, -0.2) is 0 Å². The van der Waals surface area contributed by atoms with E-state index in [2.05, 4.69) is 56.9 Å². The van der Waals surface area contributed by atoms with Crippen LogP contribution in [0.15, 0.2) is 41.6 Å². The molecular formula is C24H31N3OS. The predicted octanol–water partition coefficient (Wildman–Crippen LogP) is 5.91. The number of ether oxygens (including phenoxy) is 1. The zero-order valence-electron chi connectivity index (χ0n) is 18.5. The number of hydrogen-bond acceptors (Lipinski definition) is 4. The van der Waals surface area contributed by atoms with Crippen LogP contribution in [0.1, 0.15) is 54.4 Å². The molecule has 0 spiro atoms. The Bertz CT molecular complexity index is 979. The molecule has 29 heavy (non-hydrogen) atoms. The van der Waals surface area contributed by atoms with Crippen molar-refractivity contribution in [1.29, 1.82) is 0 Å². The number of benzene rings is 2. The maximum absolute atomic E-state index is 5.93. The Hall–Kier alpha value is -2.27. The Labute approximate surface area is 178 Å². The van der Waals surface area contributed by atoms with E-state index >= 15 is 0 Å². The lowest BCUT2D eigenvalue weighted by Gasteiger charge is -2.22. The van der Waals surface area contributed by atoms with Gasteiger partial charge in [0, 0.05) is 12.8 Å². The van der Waals surface area contributed by atoms with Crippen LogP contribution in [-0.4, -0.2) is 14.8 Å². The van der Waals surface area contributed by atoms with Crippen LogP contribution < -0.4 is 4.74 Å². The standard InChI is InChI=1S/C24H31N3OS/c1-16-10-8-9-11-21(16)28-14-22-25-26-23(27(22)7)29-15-20-17(2)12-19(13-18(20)3)24(4,5)6/h8-13H,14-15H2,1-7H3. The SMILES string of the molecule is Cc1ccccc1OCc1nnc(SCc2c(C)cc(C(C)(C)C)cc2C)n1C. The molecule has 3 rings (SSSR count). The van der Waals surface area contributed by atoms with E-state index in [0.29, 0.717) is 6.61 Å². The first kappa shape index (κ1) is 21.4. The third-order valence-electron chi connectivity index (χ3n) is 5.28. The molecule has 3 aromatic rings. The lowest BCUT2D eigenvalue weighted by atomic mass is 9.84. The fraction of sp³-hybridized carbons (Fsp3) is 0.417. The topological polar surface area (TPSA) is 39.9 Å². The second-order valence-corrected chi connectivity index (χ2v) is 9.58. The van der Waals surface area contributed by atoms with Gasteiger partial charge in [-0.1, -0.05) is 62.9 Å². The third kappa shape index (κ3) is 5.02. The second kappa shape index (κ2) is 8.62. The minimum absolute atomic E-state index is 0.163. The van der Waals surface area contributed by atoms with Gasteiger partial charge in [0.1, 0.15) is 12.4 Å². The van der Waals surface area contributed by atoms with Crippen LogP contribution in [0.2, 0.25) is 0 Å². The van der Waals surface area contributed by atoms with Gasteiger partial charge < -0.3 is 9.30 Å². The molecule has 0 unspecified atom stereocenters. The minimum atomic E-state index is 0.163. The van der Waals surface area contributed by atoms with E-state index in [1.54, 1.807) is 11.8 Å². The van der Waals surface area contributed by atoms with Crippen molar-refractivity contribution in [3.8, 4) is 5.75 Å². The van der Waals surface area contributed by atoms with Gasteiger partial charge in [-0.15, -0.1) is 10.2 Å². The first-order valence-corrected chi connectivity index (χ1v) is 11.0. The monoisotopic (exact) mass is 409 g/mol. The maximum atomic E-state index is 5.93. The van der Waals surface area contributed by atoms with E-state index in [1.165, 1.54) is 22.3 Å². The van der Waals surface area contributed by atoms with Crippen molar-refractivity contribution < 1.29 is 4.74 Å². The highest BCUT2D eigenvalue weighted by molar-refractivity contribution is 7.98. The van der Waals surface area contributed by atoms with Crippen molar-refractivity contribution in [3.05, 3.63) is 70.0 Å². The summed E-state index contributed by atoms with van der Waals surface area (Å²) in [5.41, 5.74) is 6.73. The number of para-hydroxylation sites is 1. The van der Waals surface area contributed by atoms with E-state index in [-0.39, 0.29) is 5.41 Å². The van der Waals surface area contributed by atoms with Crippen LogP contribution in [-0.2, 0) is 24.8 Å². The first-order valence-electron chi connectivity index (χ1n) is 9.97. The summed E-state index contributed by atoms with van der Waals surface area (Å²) in [5.74, 6) is 2.59. The molecule has 0 saturated carbocycles. The molecule has 0 saturated heterocycles. The van der Waals surface area contributed by atoms with Gasteiger partial charge in [-0.3, -0.25) is 0 Å². The molecule has 5 heteroatoms. The van der Waals surface area contributed by atoms with Crippen LogP contribution in [0, 0.1) is 20.8 Å². The van der Waals surface area contributed by atoms with Gasteiger partial charge in [-0.05, 0) is 60.1 Å². The minimum Gasteiger partial charge on any atom is -0.485 e. The summed E-state index contributed by atoms with van der Waals surface area (Å²) in [4.78, 5) is 0. The maximum Gasteiger partial charge on any atom is 0.191 e. The molecule has 0 bridgehead atoms. The second-order valence-electron chi connectivity index (χ2n) is 8.64. The predicted molar refractivity (Wildman–Crippen MR) is 121 cm³/mol. The Balaban J connectivity index is 1.69. The van der Waals surface area contributed by atoms with Crippen molar-refractivity contribution in [2.24, 2.45) is 7.05 Å². The molecule has 2 aromatic carbocycles. The fourth-order valence-electron chi connectivity index (χ4n) is 3.25. The highest BCUT2D eigenvalue weighted by Crippen LogP contribution is 2.30. The lowest BCUT2D eigenvalue weighted by molar-refractivity contribution is 0.288. The van der Waals surface area contributed by atoms with Crippen molar-refractivity contribution in [1.82, 2.24) is 14.8 Å². The summed E-state index contributed by atoms with van der Waals surface area (Å²) in [6.45, 7) is 13.6. The summed E-state index contributed by atoms with van der Waals surface area (Å²) in [6, 6.07) is 12.7. The van der Waals surface area contributed by atoms with Crippen LogP contribution in [0.3, 0.4) is 0 Å². The van der Waals surface area contributed by atoms with Gasteiger partial charge in [0.15, 0.2) is 11.0 Å². The van der Waals surface area contributed by atoms with E-state index in [4.69, 9.17) is 4.74 Å². The molecule has 0 aliphatic heterocycles. The average molecular weight is 410 g/mol. The molecule has 0 aliphatic rings. The normalized spacial score (nSPS) is 11.7. The van der Waals surface area contributed by atoms with Crippen LogP contribution in [0.5, 0.6) is 5.75 Å². The zero-order valence-corrected chi connectivity index (χ0v) is 19.4. The quantitative estimate of drug-likeness (QED) is 0.475. The molecule has 0 fully saturated rings. The average Bonchev–Trinajstić information content (AvgIpc) is 2.99. The van der Waals surface area contributed by atoms with Gasteiger partial charge >= 0.3 is 0 Å². The Morgan fingerprint density at radius 1 is 0.966 bits per heavy atom. The summed E-state index contributed by atoms with van der Waals surface area (Å²) >= 11 is 1.72. The fourth-order valence-corrected chi connectivity index (χ4v) is 4.37. The number of hydrogen-bond donors (Lipinski definition) is 0. The van der Waals surface area contributed by atoms with Crippen molar-refractivity contribution >= 4 is 11.8 Å². The molecule has 4 nitrogen and oxygen atoms in total. The smallest absolute Gasteiger partial charge is 0.191 e.